The van der Waals surface area contributed by atoms with Crippen LogP contribution < -0.4 is 15.8 Å². The summed E-state index contributed by atoms with van der Waals surface area (Å²) in [5, 5.41) is 2.84. The maximum atomic E-state index is 12.5. The Kier molecular flexibility index (Phi) is 4.63. The fourth-order valence-electron chi connectivity index (χ4n) is 4.39. The number of halogens is 1. The van der Waals surface area contributed by atoms with Crippen LogP contribution in [0, 0.1) is 5.41 Å². The predicted molar refractivity (Wildman–Crippen MR) is 91.4 cm³/mol. The van der Waals surface area contributed by atoms with Crippen LogP contribution in [0.2, 0.25) is 0 Å². The third kappa shape index (κ3) is 2.81. The summed E-state index contributed by atoms with van der Waals surface area (Å²) >= 11 is 0. The molecular formula is C19H25FN2O2. The van der Waals surface area contributed by atoms with E-state index in [0.717, 1.165) is 32.1 Å². The van der Waals surface area contributed by atoms with E-state index in [1.807, 2.05) is 12.1 Å². The number of carbonyl (C=O) groups excluding carboxylic acids is 1. The molecule has 2 aliphatic rings. The van der Waals surface area contributed by atoms with Crippen molar-refractivity contribution in [3.63, 3.8) is 0 Å². The van der Waals surface area contributed by atoms with Crippen LogP contribution in [-0.4, -0.2) is 26.1 Å². The van der Waals surface area contributed by atoms with E-state index >= 15 is 0 Å². The smallest absolute Gasteiger partial charge is 0.225 e. The van der Waals surface area contributed by atoms with Gasteiger partial charge in [0, 0.05) is 19.2 Å². The molecule has 2 aliphatic carbocycles. The molecule has 2 fully saturated rings. The number of amides is 1. The van der Waals surface area contributed by atoms with Gasteiger partial charge in [-0.05, 0) is 55.2 Å². The van der Waals surface area contributed by atoms with Crippen molar-refractivity contribution in [1.29, 1.82) is 0 Å². The average Bonchev–Trinajstić information content (AvgIpc) is 3.21. The van der Waals surface area contributed by atoms with E-state index in [9.17, 15) is 9.18 Å². The fraction of sp³-hybridized carbons (Fsp3) is 0.526. The number of nitrogens with one attached hydrogen (secondary N) is 1. The van der Waals surface area contributed by atoms with Gasteiger partial charge in [-0.25, -0.2) is 4.39 Å². The highest BCUT2D eigenvalue weighted by atomic mass is 19.1. The van der Waals surface area contributed by atoms with Crippen molar-refractivity contribution in [3.05, 3.63) is 41.7 Å². The lowest BCUT2D eigenvalue weighted by molar-refractivity contribution is -0.130. The van der Waals surface area contributed by atoms with E-state index < -0.39 is 0 Å². The number of carbonyl (C=O) groups is 1. The van der Waals surface area contributed by atoms with Crippen molar-refractivity contribution in [2.45, 2.75) is 37.5 Å². The van der Waals surface area contributed by atoms with Crippen molar-refractivity contribution >= 4 is 5.91 Å². The highest BCUT2D eigenvalue weighted by molar-refractivity contribution is 5.83. The van der Waals surface area contributed by atoms with Crippen molar-refractivity contribution in [1.82, 2.24) is 5.32 Å². The molecule has 0 saturated heterocycles. The topological polar surface area (TPSA) is 64.3 Å². The molecule has 0 radical (unpaired) electrons. The van der Waals surface area contributed by atoms with Gasteiger partial charge in [0.2, 0.25) is 5.91 Å². The van der Waals surface area contributed by atoms with Gasteiger partial charge < -0.3 is 15.8 Å². The first-order chi connectivity index (χ1) is 11.6. The number of ether oxygens (including phenoxy) is 1. The molecule has 5 heteroatoms. The second-order valence-electron chi connectivity index (χ2n) is 7.10. The molecule has 130 valence electrons. The minimum atomic E-state index is -0.175. The molecule has 3 N–H and O–H groups in total. The van der Waals surface area contributed by atoms with Crippen LogP contribution in [0.25, 0.3) is 0 Å². The van der Waals surface area contributed by atoms with E-state index in [1.165, 1.54) is 5.56 Å². The molecule has 0 unspecified atom stereocenters. The molecule has 1 aromatic carbocycles. The molecule has 1 amide bonds. The van der Waals surface area contributed by atoms with Crippen LogP contribution >= 0.6 is 0 Å². The molecule has 0 aliphatic heterocycles. The lowest BCUT2D eigenvalue weighted by Gasteiger charge is -2.27. The van der Waals surface area contributed by atoms with Crippen molar-refractivity contribution < 1.29 is 13.9 Å². The second-order valence-corrected chi connectivity index (χ2v) is 7.10. The van der Waals surface area contributed by atoms with Gasteiger partial charge in [-0.3, -0.25) is 4.79 Å². The van der Waals surface area contributed by atoms with Crippen molar-refractivity contribution in [2.75, 3.05) is 20.2 Å². The van der Waals surface area contributed by atoms with Gasteiger partial charge in [0.05, 0.1) is 11.7 Å². The maximum Gasteiger partial charge on any atom is 0.225 e. The van der Waals surface area contributed by atoms with Crippen molar-refractivity contribution in [2.24, 2.45) is 11.1 Å². The molecule has 0 heterocycles. The van der Waals surface area contributed by atoms with Crippen LogP contribution in [0.3, 0.4) is 0 Å². The number of hydrogen-bond donors (Lipinski definition) is 2. The first kappa shape index (κ1) is 17.0. The molecule has 2 bridgehead atoms. The van der Waals surface area contributed by atoms with Gasteiger partial charge in [-0.15, -0.1) is 0 Å². The number of benzene rings is 1. The molecule has 0 aromatic heterocycles. The Morgan fingerprint density at radius 2 is 1.96 bits per heavy atom. The fourth-order valence-corrected chi connectivity index (χ4v) is 4.39. The SMILES string of the molecule is CNC(=O)C12CCC(c3ccc(OC/C(=C/F)CN)cc3)(CC1)C2. The zero-order valence-corrected chi connectivity index (χ0v) is 14.1. The number of rotatable bonds is 6. The summed E-state index contributed by atoms with van der Waals surface area (Å²) in [6, 6.07) is 8.02. The number of fused-ring (bicyclic) bond motifs is 2. The predicted octanol–water partition coefficient (Wildman–Crippen LogP) is 2.83. The Balaban J connectivity index is 1.70. The minimum absolute atomic E-state index is 0.117. The number of hydrogen-bond acceptors (Lipinski definition) is 3. The van der Waals surface area contributed by atoms with Gasteiger partial charge in [0.25, 0.3) is 0 Å². The molecule has 3 rings (SSSR count). The number of nitrogens with two attached hydrogens (primary N) is 1. The lowest BCUT2D eigenvalue weighted by Crippen LogP contribution is -2.35. The summed E-state index contributed by atoms with van der Waals surface area (Å²) in [5.41, 5.74) is 7.07. The largest absolute Gasteiger partial charge is 0.489 e. The standard InChI is InChI=1S/C19H25FN2O2/c1-22-17(23)19-8-6-18(13-19,7-9-19)15-2-4-16(5-3-15)24-12-14(10-20)11-21/h2-5,10H,6-9,11-13,21H2,1H3,(H,22,23)/b14-10+. The Morgan fingerprint density at radius 1 is 1.29 bits per heavy atom. The molecular weight excluding hydrogens is 307 g/mol. The third-order valence-electron chi connectivity index (χ3n) is 5.86. The monoisotopic (exact) mass is 332 g/mol. The van der Waals surface area contributed by atoms with Gasteiger partial charge in [-0.1, -0.05) is 12.1 Å². The minimum Gasteiger partial charge on any atom is -0.489 e. The normalized spacial score (nSPS) is 28.9. The molecule has 24 heavy (non-hydrogen) atoms. The summed E-state index contributed by atoms with van der Waals surface area (Å²) in [7, 11) is 1.73. The first-order valence-electron chi connectivity index (χ1n) is 8.51. The summed E-state index contributed by atoms with van der Waals surface area (Å²) in [6.07, 6.45) is 5.48. The molecule has 2 saturated carbocycles. The van der Waals surface area contributed by atoms with Gasteiger partial charge in [0.1, 0.15) is 12.4 Å². The molecule has 4 nitrogen and oxygen atoms in total. The average molecular weight is 332 g/mol. The van der Waals surface area contributed by atoms with Gasteiger partial charge in [-0.2, -0.15) is 0 Å². The Morgan fingerprint density at radius 3 is 2.50 bits per heavy atom. The van der Waals surface area contributed by atoms with Crippen LogP contribution in [0.1, 0.15) is 37.7 Å². The van der Waals surface area contributed by atoms with E-state index in [-0.39, 0.29) is 29.9 Å². The highest BCUT2D eigenvalue weighted by Crippen LogP contribution is 2.62. The van der Waals surface area contributed by atoms with E-state index in [2.05, 4.69) is 17.4 Å². The van der Waals surface area contributed by atoms with Crippen LogP contribution in [-0.2, 0) is 10.2 Å². The summed E-state index contributed by atoms with van der Waals surface area (Å²) in [6.45, 7) is 0.316. The maximum absolute atomic E-state index is 12.5. The summed E-state index contributed by atoms with van der Waals surface area (Å²) in [5.74, 6) is 0.894. The van der Waals surface area contributed by atoms with Crippen LogP contribution in [0.4, 0.5) is 4.39 Å². The van der Waals surface area contributed by atoms with Gasteiger partial charge in [0.15, 0.2) is 0 Å². The Labute approximate surface area is 142 Å². The van der Waals surface area contributed by atoms with E-state index in [1.54, 1.807) is 7.05 Å². The molecule has 0 spiro atoms. The van der Waals surface area contributed by atoms with Gasteiger partial charge >= 0.3 is 0 Å². The third-order valence-corrected chi connectivity index (χ3v) is 5.86. The molecule has 1 aromatic rings. The zero-order chi connectivity index (χ0) is 17.2. The highest BCUT2D eigenvalue weighted by Gasteiger charge is 2.58. The van der Waals surface area contributed by atoms with Crippen LogP contribution in [0.5, 0.6) is 5.75 Å². The zero-order valence-electron chi connectivity index (χ0n) is 14.1. The van der Waals surface area contributed by atoms with E-state index in [0.29, 0.717) is 17.7 Å². The summed E-state index contributed by atoms with van der Waals surface area (Å²) < 4.78 is 18.1. The quantitative estimate of drug-likeness (QED) is 0.842. The van der Waals surface area contributed by atoms with E-state index in [4.69, 9.17) is 10.5 Å². The first-order valence-corrected chi connectivity index (χ1v) is 8.51. The lowest BCUT2D eigenvalue weighted by atomic mass is 9.77. The summed E-state index contributed by atoms with van der Waals surface area (Å²) in [4.78, 5) is 12.3. The van der Waals surface area contributed by atoms with Crippen molar-refractivity contribution in [3.8, 4) is 5.75 Å². The molecule has 0 atom stereocenters. The van der Waals surface area contributed by atoms with Crippen LogP contribution in [0.15, 0.2) is 36.2 Å². The second kappa shape index (κ2) is 6.55. The Hall–Kier alpha value is -1.88. The Bertz CT molecular complexity index is 631.